The molecule has 18 heavy (non-hydrogen) atoms. The number of aromatic nitrogens is 2. The van der Waals surface area contributed by atoms with Gasteiger partial charge >= 0.3 is 5.97 Å². The Morgan fingerprint density at radius 1 is 1.33 bits per heavy atom. The van der Waals surface area contributed by atoms with Crippen LogP contribution in [0.25, 0.3) is 16.2 Å². The summed E-state index contributed by atoms with van der Waals surface area (Å²) in [7, 11) is 0. The number of hydrogen-bond acceptors (Lipinski definition) is 3. The van der Waals surface area contributed by atoms with Crippen molar-refractivity contribution in [2.24, 2.45) is 0 Å². The third kappa shape index (κ3) is 1.69. The van der Waals surface area contributed by atoms with Crippen molar-refractivity contribution in [2.75, 3.05) is 0 Å². The van der Waals surface area contributed by atoms with E-state index in [2.05, 4.69) is 4.98 Å². The smallest absolute Gasteiger partial charge is 0.353 e. The first-order valence-corrected chi connectivity index (χ1v) is 6.30. The van der Waals surface area contributed by atoms with E-state index in [1.165, 1.54) is 16.9 Å². The van der Waals surface area contributed by atoms with Gasteiger partial charge in [0.25, 0.3) is 0 Å². The van der Waals surface area contributed by atoms with Crippen LogP contribution in [0.1, 0.15) is 16.1 Å². The second-order valence-corrected chi connectivity index (χ2v) is 4.91. The molecule has 0 fully saturated rings. The Morgan fingerprint density at radius 2 is 2.06 bits per heavy atom. The van der Waals surface area contributed by atoms with E-state index in [1.807, 2.05) is 31.2 Å². The molecule has 0 bridgehead atoms. The summed E-state index contributed by atoms with van der Waals surface area (Å²) in [4.78, 5) is 16.2. The van der Waals surface area contributed by atoms with Crippen LogP contribution in [0.2, 0.25) is 0 Å². The average molecular weight is 258 g/mol. The summed E-state index contributed by atoms with van der Waals surface area (Å²) >= 11 is 1.33. The SMILES string of the molecule is Cc1ccc(-c2cn3c(C(=O)O)csc3n2)cc1. The zero-order valence-electron chi connectivity index (χ0n) is 9.62. The van der Waals surface area contributed by atoms with Gasteiger partial charge in [0.05, 0.1) is 5.69 Å². The highest BCUT2D eigenvalue weighted by atomic mass is 32.1. The first-order valence-electron chi connectivity index (χ1n) is 5.42. The van der Waals surface area contributed by atoms with E-state index in [9.17, 15) is 4.79 Å². The van der Waals surface area contributed by atoms with E-state index < -0.39 is 5.97 Å². The van der Waals surface area contributed by atoms with Gasteiger partial charge in [-0.3, -0.25) is 4.40 Å². The van der Waals surface area contributed by atoms with E-state index in [-0.39, 0.29) is 5.69 Å². The topological polar surface area (TPSA) is 54.6 Å². The molecule has 0 unspecified atom stereocenters. The van der Waals surface area contributed by atoms with Gasteiger partial charge < -0.3 is 5.11 Å². The predicted octanol–water partition coefficient (Wildman–Crippen LogP) is 3.07. The highest BCUT2D eigenvalue weighted by Gasteiger charge is 2.13. The van der Waals surface area contributed by atoms with Crippen LogP contribution in [0, 0.1) is 6.92 Å². The van der Waals surface area contributed by atoms with Crippen molar-refractivity contribution in [3.8, 4) is 11.3 Å². The molecular weight excluding hydrogens is 248 g/mol. The van der Waals surface area contributed by atoms with Crippen LogP contribution >= 0.6 is 11.3 Å². The summed E-state index contributed by atoms with van der Waals surface area (Å²) in [5.41, 5.74) is 3.23. The number of rotatable bonds is 2. The second kappa shape index (κ2) is 3.96. The Balaban J connectivity index is 2.13. The molecule has 5 heteroatoms. The van der Waals surface area contributed by atoms with Crippen LogP contribution in [-0.2, 0) is 0 Å². The van der Waals surface area contributed by atoms with Crippen LogP contribution in [0.15, 0.2) is 35.8 Å². The fraction of sp³-hybridized carbons (Fsp3) is 0.0769. The van der Waals surface area contributed by atoms with Crippen LogP contribution in [0.3, 0.4) is 0 Å². The van der Waals surface area contributed by atoms with Gasteiger partial charge in [-0.25, -0.2) is 9.78 Å². The number of aromatic carboxylic acids is 1. The Labute approximate surface area is 107 Å². The summed E-state index contributed by atoms with van der Waals surface area (Å²) < 4.78 is 1.61. The van der Waals surface area contributed by atoms with E-state index >= 15 is 0 Å². The Morgan fingerprint density at radius 3 is 2.72 bits per heavy atom. The Hall–Kier alpha value is -2.14. The van der Waals surface area contributed by atoms with Crippen molar-refractivity contribution in [3.63, 3.8) is 0 Å². The summed E-state index contributed by atoms with van der Waals surface area (Å²) in [5, 5.41) is 10.6. The lowest BCUT2D eigenvalue weighted by molar-refractivity contribution is 0.0689. The quantitative estimate of drug-likeness (QED) is 0.768. The highest BCUT2D eigenvalue weighted by molar-refractivity contribution is 7.15. The molecule has 3 aromatic rings. The number of imidazole rings is 1. The largest absolute Gasteiger partial charge is 0.477 e. The zero-order valence-corrected chi connectivity index (χ0v) is 10.4. The Bertz CT molecular complexity index is 725. The van der Waals surface area contributed by atoms with Crippen LogP contribution in [0.5, 0.6) is 0 Å². The van der Waals surface area contributed by atoms with Gasteiger partial charge in [-0.1, -0.05) is 29.8 Å². The van der Waals surface area contributed by atoms with E-state index in [0.717, 1.165) is 11.3 Å². The third-order valence-corrected chi connectivity index (χ3v) is 3.62. The maximum absolute atomic E-state index is 11.0. The predicted molar refractivity (Wildman–Crippen MR) is 70.2 cm³/mol. The van der Waals surface area contributed by atoms with Gasteiger partial charge in [0.15, 0.2) is 4.96 Å². The van der Waals surface area contributed by atoms with Crippen molar-refractivity contribution >= 4 is 22.3 Å². The minimum Gasteiger partial charge on any atom is -0.477 e. The molecule has 0 aliphatic rings. The molecule has 0 aliphatic heterocycles. The molecule has 3 rings (SSSR count). The molecule has 4 nitrogen and oxygen atoms in total. The molecule has 0 aliphatic carbocycles. The van der Waals surface area contributed by atoms with Crippen molar-refractivity contribution in [1.82, 2.24) is 9.38 Å². The van der Waals surface area contributed by atoms with Gasteiger partial charge in [0.1, 0.15) is 5.69 Å². The number of fused-ring (bicyclic) bond motifs is 1. The van der Waals surface area contributed by atoms with Crippen molar-refractivity contribution in [2.45, 2.75) is 6.92 Å². The number of benzene rings is 1. The number of carboxylic acids is 1. The first kappa shape index (κ1) is 11.0. The number of nitrogens with zero attached hydrogens (tertiary/aromatic N) is 2. The van der Waals surface area contributed by atoms with Gasteiger partial charge in [-0.2, -0.15) is 0 Å². The van der Waals surface area contributed by atoms with Crippen LogP contribution < -0.4 is 0 Å². The number of carboxylic acid groups (broad SMARTS) is 1. The molecule has 90 valence electrons. The molecule has 0 radical (unpaired) electrons. The van der Waals surface area contributed by atoms with Crippen molar-refractivity contribution in [1.29, 1.82) is 0 Å². The number of carbonyl (C=O) groups is 1. The molecule has 0 amide bonds. The van der Waals surface area contributed by atoms with Crippen molar-refractivity contribution < 1.29 is 9.90 Å². The lowest BCUT2D eigenvalue weighted by Gasteiger charge is -1.96. The molecular formula is C13H10N2O2S. The summed E-state index contributed by atoms with van der Waals surface area (Å²) in [6, 6.07) is 8.01. The van der Waals surface area contributed by atoms with E-state index in [4.69, 9.17) is 5.11 Å². The summed E-state index contributed by atoms with van der Waals surface area (Å²) in [6.07, 6.45) is 1.76. The van der Waals surface area contributed by atoms with E-state index in [1.54, 1.807) is 16.0 Å². The zero-order chi connectivity index (χ0) is 12.7. The summed E-state index contributed by atoms with van der Waals surface area (Å²) in [6.45, 7) is 2.03. The summed E-state index contributed by atoms with van der Waals surface area (Å²) in [5.74, 6) is -0.936. The maximum Gasteiger partial charge on any atom is 0.353 e. The van der Waals surface area contributed by atoms with Gasteiger partial charge in [-0.15, -0.1) is 11.3 Å². The average Bonchev–Trinajstić information content (AvgIpc) is 2.88. The standard InChI is InChI=1S/C13H10N2O2S/c1-8-2-4-9(5-3-8)10-6-15-11(12(16)17)7-18-13(15)14-10/h2-7H,1H3,(H,16,17). The van der Waals surface area contributed by atoms with Crippen LogP contribution in [-0.4, -0.2) is 20.5 Å². The lowest BCUT2D eigenvalue weighted by atomic mass is 10.1. The Kier molecular flexibility index (Phi) is 2.41. The van der Waals surface area contributed by atoms with Crippen LogP contribution in [0.4, 0.5) is 0 Å². The molecule has 0 spiro atoms. The van der Waals surface area contributed by atoms with Gasteiger partial charge in [0, 0.05) is 17.1 Å². The van der Waals surface area contributed by atoms with Gasteiger partial charge in [0.2, 0.25) is 0 Å². The fourth-order valence-corrected chi connectivity index (χ4v) is 2.65. The number of hydrogen-bond donors (Lipinski definition) is 1. The molecule has 2 heterocycles. The molecule has 2 aromatic heterocycles. The van der Waals surface area contributed by atoms with Gasteiger partial charge in [-0.05, 0) is 6.92 Å². The second-order valence-electron chi connectivity index (χ2n) is 4.07. The van der Waals surface area contributed by atoms with Crippen molar-refractivity contribution in [3.05, 3.63) is 47.1 Å². The molecule has 0 saturated heterocycles. The third-order valence-electron chi connectivity index (χ3n) is 2.78. The maximum atomic E-state index is 11.0. The van der Waals surface area contributed by atoms with E-state index in [0.29, 0.717) is 4.96 Å². The fourth-order valence-electron chi connectivity index (χ4n) is 1.80. The molecule has 1 aromatic carbocycles. The lowest BCUT2D eigenvalue weighted by Crippen LogP contribution is -1.99. The first-order chi connectivity index (χ1) is 8.65. The molecule has 1 N–H and O–H groups in total. The minimum atomic E-state index is -0.936. The number of thiazole rings is 1. The molecule has 0 atom stereocenters. The monoisotopic (exact) mass is 258 g/mol. The number of aryl methyl sites for hydroxylation is 1. The molecule has 0 saturated carbocycles. The normalized spacial score (nSPS) is 10.9. The minimum absolute atomic E-state index is 0.251. The highest BCUT2D eigenvalue weighted by Crippen LogP contribution is 2.23.